The van der Waals surface area contributed by atoms with Crippen LogP contribution in [-0.2, 0) is 9.53 Å². The number of rotatable bonds is 3. The number of hydrogen-bond donors (Lipinski definition) is 1. The van der Waals surface area contributed by atoms with Crippen LogP contribution in [0, 0.1) is 0 Å². The van der Waals surface area contributed by atoms with Gasteiger partial charge in [0.1, 0.15) is 6.61 Å². The van der Waals surface area contributed by atoms with Crippen LogP contribution in [0.1, 0.15) is 27.2 Å². The van der Waals surface area contributed by atoms with Crippen molar-refractivity contribution in [1.29, 1.82) is 0 Å². The molecule has 1 unspecified atom stereocenters. The van der Waals surface area contributed by atoms with E-state index < -0.39 is 0 Å². The van der Waals surface area contributed by atoms with Crippen molar-refractivity contribution in [3.05, 3.63) is 0 Å². The maximum absolute atomic E-state index is 11.7. The second-order valence-corrected chi connectivity index (χ2v) is 5.05. The van der Waals surface area contributed by atoms with Crippen LogP contribution in [0.5, 0.6) is 0 Å². The Morgan fingerprint density at radius 3 is 2.67 bits per heavy atom. The molecule has 0 radical (unpaired) electrons. The molecule has 1 atom stereocenters. The largest absolute Gasteiger partial charge is 0.366 e. The second kappa shape index (κ2) is 4.94. The van der Waals surface area contributed by atoms with Crippen LogP contribution in [0.25, 0.3) is 0 Å². The summed E-state index contributed by atoms with van der Waals surface area (Å²) < 4.78 is 5.46. The number of likely N-dealkylation sites (N-methyl/N-ethyl adjacent to an activating group) is 1. The highest BCUT2D eigenvalue weighted by Crippen LogP contribution is 2.09. The molecule has 0 bridgehead atoms. The third kappa shape index (κ3) is 4.18. The number of ether oxygens (including phenoxy) is 1. The van der Waals surface area contributed by atoms with E-state index in [1.165, 1.54) is 0 Å². The molecular weight excluding hydrogens is 192 g/mol. The standard InChI is InChI=1S/C11H22N2O2/c1-11(2,3)15-8-10(14)13(4)9-5-6-12-7-9/h9,12H,5-8H2,1-4H3. The Morgan fingerprint density at radius 1 is 1.53 bits per heavy atom. The molecule has 1 heterocycles. The van der Waals surface area contributed by atoms with Crippen molar-refractivity contribution < 1.29 is 9.53 Å². The number of amides is 1. The predicted octanol–water partition coefficient (Wildman–Crippen LogP) is 0.622. The highest BCUT2D eigenvalue weighted by molar-refractivity contribution is 5.77. The van der Waals surface area contributed by atoms with Crippen molar-refractivity contribution in [1.82, 2.24) is 10.2 Å². The van der Waals surface area contributed by atoms with Crippen LogP contribution in [0.2, 0.25) is 0 Å². The smallest absolute Gasteiger partial charge is 0.248 e. The van der Waals surface area contributed by atoms with E-state index in [0.29, 0.717) is 6.04 Å². The third-order valence-electron chi connectivity index (χ3n) is 2.60. The molecule has 4 heteroatoms. The van der Waals surface area contributed by atoms with E-state index in [0.717, 1.165) is 19.5 Å². The fraction of sp³-hybridized carbons (Fsp3) is 0.909. The van der Waals surface area contributed by atoms with Gasteiger partial charge in [0.2, 0.25) is 5.91 Å². The maximum Gasteiger partial charge on any atom is 0.248 e. The Bertz CT molecular complexity index is 217. The van der Waals surface area contributed by atoms with E-state index in [1.807, 2.05) is 27.8 Å². The van der Waals surface area contributed by atoms with E-state index in [9.17, 15) is 4.79 Å². The van der Waals surface area contributed by atoms with Gasteiger partial charge in [-0.25, -0.2) is 0 Å². The normalized spacial score (nSPS) is 21.7. The topological polar surface area (TPSA) is 41.6 Å². The molecule has 0 saturated carbocycles. The van der Waals surface area contributed by atoms with Gasteiger partial charge in [0.25, 0.3) is 0 Å². The monoisotopic (exact) mass is 214 g/mol. The van der Waals surface area contributed by atoms with Crippen LogP contribution in [0.4, 0.5) is 0 Å². The minimum absolute atomic E-state index is 0.0682. The first-order valence-corrected chi connectivity index (χ1v) is 5.50. The molecular formula is C11H22N2O2. The van der Waals surface area contributed by atoms with Crippen LogP contribution >= 0.6 is 0 Å². The molecule has 1 rings (SSSR count). The Morgan fingerprint density at radius 2 is 2.20 bits per heavy atom. The van der Waals surface area contributed by atoms with Crippen molar-refractivity contribution >= 4 is 5.91 Å². The van der Waals surface area contributed by atoms with Gasteiger partial charge >= 0.3 is 0 Å². The van der Waals surface area contributed by atoms with E-state index in [4.69, 9.17) is 4.74 Å². The van der Waals surface area contributed by atoms with Crippen LogP contribution in [-0.4, -0.2) is 49.2 Å². The van der Waals surface area contributed by atoms with Crippen molar-refractivity contribution in [3.8, 4) is 0 Å². The highest BCUT2D eigenvalue weighted by Gasteiger charge is 2.24. The van der Waals surface area contributed by atoms with Crippen LogP contribution in [0.15, 0.2) is 0 Å². The van der Waals surface area contributed by atoms with Crippen molar-refractivity contribution in [2.24, 2.45) is 0 Å². The van der Waals surface area contributed by atoms with Crippen LogP contribution < -0.4 is 5.32 Å². The first-order valence-electron chi connectivity index (χ1n) is 5.50. The van der Waals surface area contributed by atoms with Gasteiger partial charge in [-0.15, -0.1) is 0 Å². The average Bonchev–Trinajstić information content (AvgIpc) is 2.64. The minimum Gasteiger partial charge on any atom is -0.366 e. The first kappa shape index (κ1) is 12.5. The molecule has 1 fully saturated rings. The summed E-state index contributed by atoms with van der Waals surface area (Å²) in [5.74, 6) is 0.0682. The molecule has 1 saturated heterocycles. The second-order valence-electron chi connectivity index (χ2n) is 5.05. The lowest BCUT2D eigenvalue weighted by atomic mass is 10.2. The molecule has 0 spiro atoms. The number of nitrogens with one attached hydrogen (secondary N) is 1. The van der Waals surface area contributed by atoms with Gasteiger partial charge < -0.3 is 15.0 Å². The quantitative estimate of drug-likeness (QED) is 0.749. The lowest BCUT2D eigenvalue weighted by Crippen LogP contribution is -2.41. The van der Waals surface area contributed by atoms with E-state index in [1.54, 1.807) is 4.90 Å². The molecule has 1 aliphatic rings. The van der Waals surface area contributed by atoms with Crippen molar-refractivity contribution in [2.75, 3.05) is 26.7 Å². The lowest BCUT2D eigenvalue weighted by Gasteiger charge is -2.26. The molecule has 88 valence electrons. The maximum atomic E-state index is 11.7. The average molecular weight is 214 g/mol. The predicted molar refractivity (Wildman–Crippen MR) is 59.7 cm³/mol. The zero-order valence-corrected chi connectivity index (χ0v) is 10.2. The summed E-state index contributed by atoms with van der Waals surface area (Å²) in [5, 5.41) is 3.25. The van der Waals surface area contributed by atoms with E-state index >= 15 is 0 Å². The highest BCUT2D eigenvalue weighted by atomic mass is 16.5. The van der Waals surface area contributed by atoms with Crippen molar-refractivity contribution in [3.63, 3.8) is 0 Å². The number of hydrogen-bond acceptors (Lipinski definition) is 3. The minimum atomic E-state index is -0.246. The molecule has 0 aromatic carbocycles. The molecule has 0 aliphatic carbocycles. The molecule has 0 aromatic rings. The zero-order chi connectivity index (χ0) is 11.5. The molecule has 1 amide bonds. The number of carbonyl (C=O) groups is 1. The van der Waals surface area contributed by atoms with Gasteiger partial charge in [0.05, 0.1) is 5.60 Å². The Kier molecular flexibility index (Phi) is 4.11. The lowest BCUT2D eigenvalue weighted by molar-refractivity contribution is -0.141. The van der Waals surface area contributed by atoms with E-state index in [-0.39, 0.29) is 18.1 Å². The Balaban J connectivity index is 2.32. The summed E-state index contributed by atoms with van der Waals surface area (Å²) in [7, 11) is 1.85. The SMILES string of the molecule is CN(C(=O)COC(C)(C)C)C1CCNC1. The van der Waals surface area contributed by atoms with Crippen molar-refractivity contribution in [2.45, 2.75) is 38.8 Å². The van der Waals surface area contributed by atoms with Gasteiger partial charge in [-0.1, -0.05) is 0 Å². The summed E-state index contributed by atoms with van der Waals surface area (Å²) in [5.41, 5.74) is -0.246. The zero-order valence-electron chi connectivity index (χ0n) is 10.2. The molecule has 0 aromatic heterocycles. The van der Waals surface area contributed by atoms with Gasteiger partial charge in [0.15, 0.2) is 0 Å². The fourth-order valence-corrected chi connectivity index (χ4v) is 1.55. The van der Waals surface area contributed by atoms with Gasteiger partial charge in [0, 0.05) is 19.6 Å². The first-order chi connectivity index (χ1) is 6.90. The van der Waals surface area contributed by atoms with Gasteiger partial charge in [-0.2, -0.15) is 0 Å². The molecule has 1 aliphatic heterocycles. The summed E-state index contributed by atoms with van der Waals surface area (Å²) in [6, 6.07) is 0.334. The summed E-state index contributed by atoms with van der Waals surface area (Å²) in [4.78, 5) is 13.5. The van der Waals surface area contributed by atoms with E-state index in [2.05, 4.69) is 5.32 Å². The Hall–Kier alpha value is -0.610. The van der Waals surface area contributed by atoms with Gasteiger partial charge in [-0.05, 0) is 33.7 Å². The molecule has 15 heavy (non-hydrogen) atoms. The fourth-order valence-electron chi connectivity index (χ4n) is 1.55. The molecule has 1 N–H and O–H groups in total. The number of carbonyl (C=O) groups excluding carboxylic acids is 1. The summed E-state index contributed by atoms with van der Waals surface area (Å²) >= 11 is 0. The summed E-state index contributed by atoms with van der Waals surface area (Å²) in [6.45, 7) is 7.95. The molecule has 4 nitrogen and oxygen atoms in total. The third-order valence-corrected chi connectivity index (χ3v) is 2.60. The van der Waals surface area contributed by atoms with Crippen LogP contribution in [0.3, 0.4) is 0 Å². The Labute approximate surface area is 92.0 Å². The summed E-state index contributed by atoms with van der Waals surface area (Å²) in [6.07, 6.45) is 1.04. The van der Waals surface area contributed by atoms with Gasteiger partial charge in [-0.3, -0.25) is 4.79 Å². The number of nitrogens with zero attached hydrogens (tertiary/aromatic N) is 1.